The maximum atomic E-state index is 13.1. The van der Waals surface area contributed by atoms with E-state index in [0.29, 0.717) is 18.3 Å². The number of rotatable bonds is 7. The average molecular weight is 343 g/mol. The summed E-state index contributed by atoms with van der Waals surface area (Å²) in [6, 6.07) is 10.2. The molecule has 3 aromatic rings. The standard InChI is InChI=1S/C18H18FN3OS/c19-15-8-6-13(7-9-15)12-14(4-1-2-10-20)18-21-17(22-23-18)16-5-3-11-24-16/h3,5-9,11-12H,1-2,4,10,20H2/b14-12+. The molecular weight excluding hydrogens is 325 g/mol. The summed E-state index contributed by atoms with van der Waals surface area (Å²) in [5.74, 6) is 0.832. The van der Waals surface area contributed by atoms with Gasteiger partial charge in [0.2, 0.25) is 5.82 Å². The maximum absolute atomic E-state index is 13.1. The highest BCUT2D eigenvalue weighted by Crippen LogP contribution is 2.27. The van der Waals surface area contributed by atoms with Gasteiger partial charge in [0.15, 0.2) is 0 Å². The number of unbranched alkanes of at least 4 members (excludes halogenated alkanes) is 1. The molecule has 3 rings (SSSR count). The van der Waals surface area contributed by atoms with Crippen molar-refractivity contribution in [2.24, 2.45) is 5.73 Å². The van der Waals surface area contributed by atoms with E-state index < -0.39 is 0 Å². The lowest BCUT2D eigenvalue weighted by Gasteiger charge is -2.03. The van der Waals surface area contributed by atoms with Gasteiger partial charge in [-0.2, -0.15) is 4.98 Å². The lowest BCUT2D eigenvalue weighted by atomic mass is 10.0. The van der Waals surface area contributed by atoms with Crippen LogP contribution in [0.15, 0.2) is 46.3 Å². The molecule has 0 fully saturated rings. The Morgan fingerprint density at radius 3 is 2.75 bits per heavy atom. The maximum Gasteiger partial charge on any atom is 0.254 e. The molecule has 2 aromatic heterocycles. The van der Waals surface area contributed by atoms with Gasteiger partial charge in [0.1, 0.15) is 5.82 Å². The van der Waals surface area contributed by atoms with Crippen LogP contribution in [0.1, 0.15) is 30.7 Å². The SMILES string of the molecule is NCCCC/C(=C\c1ccc(F)cc1)c1nc(-c2cccs2)no1. The van der Waals surface area contributed by atoms with Gasteiger partial charge in [-0.25, -0.2) is 4.39 Å². The van der Waals surface area contributed by atoms with Crippen LogP contribution in [0.5, 0.6) is 0 Å². The zero-order chi connectivity index (χ0) is 16.8. The minimum absolute atomic E-state index is 0.255. The highest BCUT2D eigenvalue weighted by molar-refractivity contribution is 7.13. The van der Waals surface area contributed by atoms with Gasteiger partial charge < -0.3 is 10.3 Å². The van der Waals surface area contributed by atoms with Gasteiger partial charge >= 0.3 is 0 Å². The largest absolute Gasteiger partial charge is 0.334 e. The summed E-state index contributed by atoms with van der Waals surface area (Å²) in [5.41, 5.74) is 7.41. The molecule has 0 aliphatic heterocycles. The van der Waals surface area contributed by atoms with Crippen molar-refractivity contribution in [2.45, 2.75) is 19.3 Å². The number of hydrogen-bond donors (Lipinski definition) is 1. The summed E-state index contributed by atoms with van der Waals surface area (Å²) in [4.78, 5) is 5.47. The van der Waals surface area contributed by atoms with Crippen LogP contribution in [0.25, 0.3) is 22.4 Å². The first-order chi connectivity index (χ1) is 11.8. The van der Waals surface area contributed by atoms with Crippen LogP contribution >= 0.6 is 11.3 Å². The molecule has 1 aromatic carbocycles. The Labute approximate surface area is 143 Å². The number of nitrogens with two attached hydrogens (primary N) is 1. The number of thiophene rings is 1. The molecule has 0 aliphatic carbocycles. The molecule has 0 spiro atoms. The summed E-state index contributed by atoms with van der Waals surface area (Å²) in [6.45, 7) is 0.647. The molecule has 124 valence electrons. The molecule has 2 N–H and O–H groups in total. The van der Waals surface area contributed by atoms with Crippen molar-refractivity contribution in [2.75, 3.05) is 6.54 Å². The molecule has 0 unspecified atom stereocenters. The number of benzene rings is 1. The Balaban J connectivity index is 1.88. The normalized spacial score (nSPS) is 11.8. The molecule has 6 heteroatoms. The minimum atomic E-state index is -0.255. The predicted molar refractivity (Wildman–Crippen MR) is 94.8 cm³/mol. The summed E-state index contributed by atoms with van der Waals surface area (Å²) in [7, 11) is 0. The van der Waals surface area contributed by atoms with E-state index in [-0.39, 0.29) is 5.82 Å². The first-order valence-corrected chi connectivity index (χ1v) is 8.68. The molecule has 0 aliphatic rings. The molecule has 0 radical (unpaired) electrons. The third kappa shape index (κ3) is 4.15. The highest BCUT2D eigenvalue weighted by Gasteiger charge is 2.13. The third-order valence-corrected chi connectivity index (χ3v) is 4.42. The van der Waals surface area contributed by atoms with Crippen LogP contribution in [-0.2, 0) is 0 Å². The minimum Gasteiger partial charge on any atom is -0.334 e. The molecule has 2 heterocycles. The van der Waals surface area contributed by atoms with Gasteiger partial charge in [0.05, 0.1) is 4.88 Å². The van der Waals surface area contributed by atoms with Crippen molar-refractivity contribution in [1.29, 1.82) is 0 Å². The zero-order valence-electron chi connectivity index (χ0n) is 13.1. The van der Waals surface area contributed by atoms with E-state index in [9.17, 15) is 4.39 Å². The van der Waals surface area contributed by atoms with E-state index in [4.69, 9.17) is 10.3 Å². The fourth-order valence-electron chi connectivity index (χ4n) is 2.32. The lowest BCUT2D eigenvalue weighted by molar-refractivity contribution is 0.407. The Hall–Kier alpha value is -2.31. The number of halogens is 1. The van der Waals surface area contributed by atoms with Gasteiger partial charge in [0, 0.05) is 5.57 Å². The van der Waals surface area contributed by atoms with Crippen molar-refractivity contribution in [3.8, 4) is 10.7 Å². The number of aromatic nitrogens is 2. The molecular formula is C18H18FN3OS. The van der Waals surface area contributed by atoms with Gasteiger partial charge in [-0.1, -0.05) is 23.4 Å². The van der Waals surface area contributed by atoms with Crippen LogP contribution in [0.4, 0.5) is 4.39 Å². The Kier molecular flexibility index (Phi) is 5.51. The molecule has 24 heavy (non-hydrogen) atoms. The van der Waals surface area contributed by atoms with Gasteiger partial charge in [-0.3, -0.25) is 0 Å². The summed E-state index contributed by atoms with van der Waals surface area (Å²) in [6.07, 6.45) is 4.59. The fraction of sp³-hybridized carbons (Fsp3) is 0.222. The lowest BCUT2D eigenvalue weighted by Crippen LogP contribution is -1.98. The second kappa shape index (κ2) is 7.99. The molecule has 0 saturated carbocycles. The second-order valence-corrected chi connectivity index (χ2v) is 6.32. The van der Waals surface area contributed by atoms with Crippen LogP contribution in [0.2, 0.25) is 0 Å². The van der Waals surface area contributed by atoms with Crippen LogP contribution in [0, 0.1) is 5.82 Å². The number of allylic oxidation sites excluding steroid dienone is 1. The van der Waals surface area contributed by atoms with Crippen molar-refractivity contribution in [3.05, 3.63) is 59.0 Å². The molecule has 0 atom stereocenters. The first kappa shape index (κ1) is 16.5. The molecule has 0 bridgehead atoms. The molecule has 0 amide bonds. The monoisotopic (exact) mass is 343 g/mol. The van der Waals surface area contributed by atoms with Crippen LogP contribution in [0.3, 0.4) is 0 Å². The summed E-state index contributed by atoms with van der Waals surface area (Å²) >= 11 is 1.57. The fourth-order valence-corrected chi connectivity index (χ4v) is 2.97. The van der Waals surface area contributed by atoms with Crippen LogP contribution < -0.4 is 5.73 Å². The van der Waals surface area contributed by atoms with Gasteiger partial charge in [-0.15, -0.1) is 11.3 Å². The Bertz CT molecular complexity index is 794. The van der Waals surface area contributed by atoms with Crippen molar-refractivity contribution >= 4 is 23.0 Å². The quantitative estimate of drug-likeness (QED) is 0.636. The van der Waals surface area contributed by atoms with Gasteiger partial charge in [-0.05, 0) is 61.0 Å². The average Bonchev–Trinajstić information content (AvgIpc) is 3.27. The van der Waals surface area contributed by atoms with Crippen molar-refractivity contribution < 1.29 is 8.91 Å². The highest BCUT2D eigenvalue weighted by atomic mass is 32.1. The van der Waals surface area contributed by atoms with Crippen molar-refractivity contribution in [3.63, 3.8) is 0 Å². The zero-order valence-corrected chi connectivity index (χ0v) is 13.9. The smallest absolute Gasteiger partial charge is 0.254 e. The molecule has 0 saturated heterocycles. The topological polar surface area (TPSA) is 64.9 Å². The number of nitrogens with zero attached hydrogens (tertiary/aromatic N) is 2. The first-order valence-electron chi connectivity index (χ1n) is 7.80. The number of hydrogen-bond acceptors (Lipinski definition) is 5. The van der Waals surface area contributed by atoms with Gasteiger partial charge in [0.25, 0.3) is 5.89 Å². The Morgan fingerprint density at radius 1 is 1.21 bits per heavy atom. The second-order valence-electron chi connectivity index (χ2n) is 5.37. The summed E-state index contributed by atoms with van der Waals surface area (Å²) < 4.78 is 18.5. The predicted octanol–water partition coefficient (Wildman–Crippen LogP) is 4.61. The van der Waals surface area contributed by atoms with E-state index in [1.807, 2.05) is 23.6 Å². The van der Waals surface area contributed by atoms with E-state index in [1.165, 1.54) is 12.1 Å². The van der Waals surface area contributed by atoms with Crippen LogP contribution in [-0.4, -0.2) is 16.7 Å². The van der Waals surface area contributed by atoms with E-state index in [0.717, 1.165) is 35.3 Å². The summed E-state index contributed by atoms with van der Waals surface area (Å²) in [5, 5.41) is 6.04. The van der Waals surface area contributed by atoms with E-state index in [2.05, 4.69) is 10.1 Å². The Morgan fingerprint density at radius 2 is 2.04 bits per heavy atom. The van der Waals surface area contributed by atoms with Crippen molar-refractivity contribution in [1.82, 2.24) is 10.1 Å². The molecule has 4 nitrogen and oxygen atoms in total. The van der Waals surface area contributed by atoms with E-state index in [1.54, 1.807) is 23.5 Å². The van der Waals surface area contributed by atoms with E-state index >= 15 is 0 Å². The third-order valence-electron chi connectivity index (χ3n) is 3.55.